The number of hydrogen-bond donors (Lipinski definition) is 0. The van der Waals surface area contributed by atoms with Crippen LogP contribution in [0, 0.1) is 0 Å². The predicted octanol–water partition coefficient (Wildman–Crippen LogP) is 5.91. The van der Waals surface area contributed by atoms with Gasteiger partial charge in [0.05, 0.1) is 10.7 Å². The molecule has 2 aromatic heterocycles. The summed E-state index contributed by atoms with van der Waals surface area (Å²) in [6, 6.07) is 8.01. The highest BCUT2D eigenvalue weighted by Gasteiger charge is 2.47. The minimum absolute atomic E-state index is 0.00374. The second kappa shape index (κ2) is 11.0. The first kappa shape index (κ1) is 27.2. The molecular weight excluding hydrogens is 548 g/mol. The standard InChI is InChI=1S/C25H23F6N5O2S/c26-22(27)17-10-19(23(28)29)36(33-17)12-21(37)35-8-6-14(7-9-35)24-32-18(13-39-24)16-11-20(38-34-16)25(30,31)15-4-2-1-3-5-15/h1-5,10,13-14,20,22-23H,6-9,11-12H2. The van der Waals surface area contributed by atoms with Crippen LogP contribution in [-0.2, 0) is 22.1 Å². The summed E-state index contributed by atoms with van der Waals surface area (Å²) in [4.78, 5) is 23.8. The monoisotopic (exact) mass is 571 g/mol. The maximum absolute atomic E-state index is 14.9. The molecule has 1 unspecified atom stereocenters. The molecule has 0 N–H and O–H groups in total. The highest BCUT2D eigenvalue weighted by molar-refractivity contribution is 7.10. The van der Waals surface area contributed by atoms with Gasteiger partial charge < -0.3 is 9.74 Å². The van der Waals surface area contributed by atoms with Crippen LogP contribution in [0.4, 0.5) is 26.3 Å². The first-order valence-electron chi connectivity index (χ1n) is 12.2. The van der Waals surface area contributed by atoms with Gasteiger partial charge in [-0.05, 0) is 18.9 Å². The van der Waals surface area contributed by atoms with Crippen LogP contribution in [0.3, 0.4) is 0 Å². The average Bonchev–Trinajstić information content (AvgIpc) is 3.69. The summed E-state index contributed by atoms with van der Waals surface area (Å²) in [5.74, 6) is -3.72. The molecule has 2 aliphatic heterocycles. The quantitative estimate of drug-likeness (QED) is 0.316. The third kappa shape index (κ3) is 5.65. The highest BCUT2D eigenvalue weighted by atomic mass is 32.1. The normalized spacial score (nSPS) is 18.6. The van der Waals surface area contributed by atoms with Crippen LogP contribution in [-0.4, -0.2) is 50.5 Å². The average molecular weight is 572 g/mol. The number of amides is 1. The molecule has 0 aliphatic carbocycles. The Kier molecular flexibility index (Phi) is 7.65. The number of thiazole rings is 1. The van der Waals surface area contributed by atoms with E-state index in [0.717, 1.165) is 5.01 Å². The Bertz CT molecular complexity index is 1340. The number of carbonyl (C=O) groups excluding carboxylic acids is 1. The van der Waals surface area contributed by atoms with Crippen LogP contribution in [0.25, 0.3) is 0 Å². The first-order valence-corrected chi connectivity index (χ1v) is 13.0. The van der Waals surface area contributed by atoms with Crippen LogP contribution in [0.5, 0.6) is 0 Å². The minimum Gasteiger partial charge on any atom is -0.385 e. The number of benzene rings is 1. The van der Waals surface area contributed by atoms with E-state index in [4.69, 9.17) is 4.84 Å². The van der Waals surface area contributed by atoms with Crippen molar-refractivity contribution in [1.82, 2.24) is 19.7 Å². The van der Waals surface area contributed by atoms with Crippen LogP contribution < -0.4 is 0 Å². The van der Waals surface area contributed by atoms with Crippen molar-refractivity contribution in [2.45, 2.75) is 56.6 Å². The summed E-state index contributed by atoms with van der Waals surface area (Å²) in [5.41, 5.74) is -0.884. The van der Waals surface area contributed by atoms with Gasteiger partial charge in [0.2, 0.25) is 12.0 Å². The van der Waals surface area contributed by atoms with Crippen molar-refractivity contribution in [3.05, 3.63) is 69.4 Å². The molecule has 2 aliphatic rings. The lowest BCUT2D eigenvalue weighted by Crippen LogP contribution is -2.40. The lowest BCUT2D eigenvalue weighted by atomic mass is 9.97. The van der Waals surface area contributed by atoms with Crippen molar-refractivity contribution < 1.29 is 36.0 Å². The number of nitrogens with zero attached hydrogens (tertiary/aromatic N) is 5. The first-order chi connectivity index (χ1) is 18.6. The highest BCUT2D eigenvalue weighted by Crippen LogP contribution is 2.39. The second-order valence-electron chi connectivity index (χ2n) is 9.30. The van der Waals surface area contributed by atoms with E-state index in [1.54, 1.807) is 11.4 Å². The van der Waals surface area contributed by atoms with Gasteiger partial charge >= 0.3 is 5.92 Å². The van der Waals surface area contributed by atoms with Crippen molar-refractivity contribution >= 4 is 23.0 Å². The fourth-order valence-corrected chi connectivity index (χ4v) is 5.64. The van der Waals surface area contributed by atoms with Crippen molar-refractivity contribution in [2.75, 3.05) is 13.1 Å². The van der Waals surface area contributed by atoms with E-state index in [2.05, 4.69) is 15.2 Å². The molecule has 39 heavy (non-hydrogen) atoms. The fourth-order valence-electron chi connectivity index (χ4n) is 4.64. The van der Waals surface area contributed by atoms with E-state index >= 15 is 0 Å². The van der Waals surface area contributed by atoms with Gasteiger partial charge in [-0.1, -0.05) is 35.5 Å². The SMILES string of the molecule is O=C(Cn1nc(C(F)F)cc1C(F)F)N1CCC(c2nc(C3=NOC(C(F)(F)c4ccccc4)C3)cs2)CC1. The number of likely N-dealkylation sites (tertiary alicyclic amines) is 1. The van der Waals surface area contributed by atoms with E-state index in [1.165, 1.54) is 40.5 Å². The van der Waals surface area contributed by atoms with E-state index < -0.39 is 48.7 Å². The minimum atomic E-state index is -3.22. The number of piperidine rings is 1. The van der Waals surface area contributed by atoms with Crippen LogP contribution in [0.1, 0.15) is 65.7 Å². The van der Waals surface area contributed by atoms with E-state index in [-0.39, 0.29) is 17.9 Å². The number of carbonyl (C=O) groups is 1. The topological polar surface area (TPSA) is 72.6 Å². The van der Waals surface area contributed by atoms with E-state index in [1.807, 2.05) is 0 Å². The smallest absolute Gasteiger partial charge is 0.312 e. The van der Waals surface area contributed by atoms with Gasteiger partial charge in [0.1, 0.15) is 23.6 Å². The van der Waals surface area contributed by atoms with Gasteiger partial charge in [-0.3, -0.25) is 9.48 Å². The lowest BCUT2D eigenvalue weighted by molar-refractivity contribution is -0.133. The van der Waals surface area contributed by atoms with Crippen molar-refractivity contribution in [3.8, 4) is 0 Å². The van der Waals surface area contributed by atoms with Crippen molar-refractivity contribution in [3.63, 3.8) is 0 Å². The fraction of sp³-hybridized carbons (Fsp3) is 0.440. The van der Waals surface area contributed by atoms with Gasteiger partial charge in [-0.2, -0.15) is 13.9 Å². The molecule has 1 fully saturated rings. The number of aromatic nitrogens is 3. The van der Waals surface area contributed by atoms with Crippen molar-refractivity contribution in [1.29, 1.82) is 0 Å². The number of halogens is 6. The molecule has 0 saturated carbocycles. The predicted molar refractivity (Wildman–Crippen MR) is 129 cm³/mol. The summed E-state index contributed by atoms with van der Waals surface area (Å²) in [6.07, 6.45) is -6.52. The summed E-state index contributed by atoms with van der Waals surface area (Å²) >= 11 is 1.36. The molecule has 3 aromatic rings. The van der Waals surface area contributed by atoms with Gasteiger partial charge in [0.15, 0.2) is 0 Å². The molecule has 5 rings (SSSR count). The van der Waals surface area contributed by atoms with E-state index in [9.17, 15) is 31.1 Å². The third-order valence-corrected chi connectivity index (χ3v) is 7.82. The molecule has 1 atom stereocenters. The molecule has 1 saturated heterocycles. The summed E-state index contributed by atoms with van der Waals surface area (Å²) < 4.78 is 82.6. The Morgan fingerprint density at radius 3 is 2.49 bits per heavy atom. The number of hydrogen-bond acceptors (Lipinski definition) is 6. The Hall–Kier alpha value is -3.42. The molecule has 7 nitrogen and oxygen atoms in total. The van der Waals surface area contributed by atoms with Crippen LogP contribution >= 0.6 is 11.3 Å². The molecule has 14 heteroatoms. The van der Waals surface area contributed by atoms with Crippen molar-refractivity contribution in [2.24, 2.45) is 5.16 Å². The molecule has 0 radical (unpaired) electrons. The maximum atomic E-state index is 14.9. The van der Waals surface area contributed by atoms with Gasteiger partial charge in [0.25, 0.3) is 12.9 Å². The Labute approximate surface area is 223 Å². The molecular formula is C25H23F6N5O2S. The molecule has 0 bridgehead atoms. The lowest BCUT2D eigenvalue weighted by Gasteiger charge is -2.31. The van der Waals surface area contributed by atoms with Crippen LogP contribution in [0.2, 0.25) is 0 Å². The zero-order valence-electron chi connectivity index (χ0n) is 20.3. The Balaban J connectivity index is 1.17. The molecule has 208 valence electrons. The molecule has 0 spiro atoms. The number of alkyl halides is 6. The molecule has 4 heterocycles. The Morgan fingerprint density at radius 1 is 1.10 bits per heavy atom. The number of rotatable bonds is 8. The molecule has 1 amide bonds. The summed E-state index contributed by atoms with van der Waals surface area (Å²) in [5, 5.41) is 9.84. The summed E-state index contributed by atoms with van der Waals surface area (Å²) in [7, 11) is 0. The Morgan fingerprint density at radius 2 is 1.82 bits per heavy atom. The van der Waals surface area contributed by atoms with Gasteiger partial charge in [-0.15, -0.1) is 11.3 Å². The third-order valence-electron chi connectivity index (χ3n) is 6.81. The van der Waals surface area contributed by atoms with Crippen LogP contribution in [0.15, 0.2) is 46.9 Å². The largest absolute Gasteiger partial charge is 0.385 e. The maximum Gasteiger partial charge on any atom is 0.312 e. The molecule has 1 aromatic carbocycles. The summed E-state index contributed by atoms with van der Waals surface area (Å²) in [6.45, 7) is 0.0781. The second-order valence-corrected chi connectivity index (χ2v) is 10.2. The van der Waals surface area contributed by atoms with E-state index in [0.29, 0.717) is 48.1 Å². The number of oxime groups is 1. The van der Waals surface area contributed by atoms with Gasteiger partial charge in [-0.25, -0.2) is 22.5 Å². The van der Waals surface area contributed by atoms with Gasteiger partial charge in [0, 0.05) is 36.4 Å². The zero-order chi connectivity index (χ0) is 27.7. The zero-order valence-corrected chi connectivity index (χ0v) is 21.1.